The van der Waals surface area contributed by atoms with Gasteiger partial charge in [0.25, 0.3) is 0 Å². The van der Waals surface area contributed by atoms with E-state index in [-0.39, 0.29) is 29.6 Å². The zero-order chi connectivity index (χ0) is 16.8. The number of nitrogens with zero attached hydrogens (tertiary/aromatic N) is 1. The highest BCUT2D eigenvalue weighted by molar-refractivity contribution is 7.91. The molecule has 1 heterocycles. The monoisotopic (exact) mass is 340 g/mol. The third kappa shape index (κ3) is 2.95. The number of fused-ring (bicyclic) bond motifs is 1. The normalized spacial score (nSPS) is 27.1. The number of sulfone groups is 1. The second-order valence-electron chi connectivity index (χ2n) is 6.09. The van der Waals surface area contributed by atoms with Gasteiger partial charge in [-0.25, -0.2) is 18.2 Å². The molecule has 3 rings (SSSR count). The summed E-state index contributed by atoms with van der Waals surface area (Å²) < 4.78 is 36.7. The van der Waals surface area contributed by atoms with Crippen LogP contribution >= 0.6 is 0 Å². The zero-order valence-electron chi connectivity index (χ0n) is 12.5. The second-order valence-corrected chi connectivity index (χ2v) is 8.32. The van der Waals surface area contributed by atoms with Gasteiger partial charge in [0.15, 0.2) is 9.84 Å². The van der Waals surface area contributed by atoms with Gasteiger partial charge in [-0.05, 0) is 30.9 Å². The van der Waals surface area contributed by atoms with E-state index in [1.165, 1.54) is 12.1 Å². The van der Waals surface area contributed by atoms with Crippen molar-refractivity contribution in [2.75, 3.05) is 11.5 Å². The molecule has 0 aromatic heterocycles. The second kappa shape index (κ2) is 5.59. The average molecular weight is 340 g/mol. The van der Waals surface area contributed by atoms with E-state index in [1.54, 1.807) is 0 Å². The number of halogens is 1. The summed E-state index contributed by atoms with van der Waals surface area (Å²) in [5, 5.41) is 14.0. The van der Waals surface area contributed by atoms with Crippen molar-refractivity contribution in [3.8, 4) is 5.75 Å². The Morgan fingerprint density at radius 3 is 2.83 bits per heavy atom. The number of carbonyl (C=O) groups is 1. The summed E-state index contributed by atoms with van der Waals surface area (Å²) in [6, 6.07) is 2.46. The summed E-state index contributed by atoms with van der Waals surface area (Å²) in [6.45, 7) is 1.81. The van der Waals surface area contributed by atoms with E-state index in [9.17, 15) is 22.7 Å². The Morgan fingerprint density at radius 2 is 2.17 bits per heavy atom. The molecule has 0 spiro atoms. The van der Waals surface area contributed by atoms with Crippen LogP contribution in [0.25, 0.3) is 0 Å². The average Bonchev–Trinajstić information content (AvgIpc) is 3.01. The lowest BCUT2D eigenvalue weighted by Gasteiger charge is -2.08. The summed E-state index contributed by atoms with van der Waals surface area (Å²) in [6.07, 6.45) is 0.680. The molecule has 1 amide bonds. The fraction of sp³-hybridized carbons (Fsp3) is 0.467. The van der Waals surface area contributed by atoms with Crippen LogP contribution in [-0.4, -0.2) is 36.6 Å². The summed E-state index contributed by atoms with van der Waals surface area (Å²) in [5.41, 5.74) is 3.47. The van der Waals surface area contributed by atoms with Crippen LogP contribution < -0.4 is 5.43 Å². The summed E-state index contributed by atoms with van der Waals surface area (Å²) >= 11 is 0. The Kier molecular flexibility index (Phi) is 3.87. The van der Waals surface area contributed by atoms with Crippen LogP contribution in [-0.2, 0) is 14.6 Å². The van der Waals surface area contributed by atoms with Gasteiger partial charge in [-0.3, -0.25) is 4.79 Å². The molecule has 2 N–H and O–H groups in total. The van der Waals surface area contributed by atoms with Crippen molar-refractivity contribution < 1.29 is 22.7 Å². The SMILES string of the molecule is C[C@@H]1C/C(=N\NC(=O)[C@H]2CCS(=O)(=O)C2)c2c(O)ccc(F)c21. The van der Waals surface area contributed by atoms with Crippen molar-refractivity contribution in [1.82, 2.24) is 5.43 Å². The van der Waals surface area contributed by atoms with E-state index in [0.29, 0.717) is 23.3 Å². The molecule has 2 aliphatic rings. The maximum Gasteiger partial charge on any atom is 0.244 e. The molecule has 1 aromatic carbocycles. The van der Waals surface area contributed by atoms with Gasteiger partial charge in [0.1, 0.15) is 11.6 Å². The van der Waals surface area contributed by atoms with Gasteiger partial charge in [-0.2, -0.15) is 5.10 Å². The molecule has 0 radical (unpaired) electrons. The minimum absolute atomic E-state index is 0.00747. The van der Waals surface area contributed by atoms with E-state index >= 15 is 0 Å². The Labute approximate surface area is 133 Å². The number of rotatable bonds is 2. The molecule has 1 aliphatic carbocycles. The Balaban J connectivity index is 1.81. The minimum Gasteiger partial charge on any atom is -0.507 e. The number of hydrogen-bond acceptors (Lipinski definition) is 5. The van der Waals surface area contributed by atoms with E-state index in [0.717, 1.165) is 0 Å². The van der Waals surface area contributed by atoms with Gasteiger partial charge in [0.2, 0.25) is 5.91 Å². The number of amides is 1. The third-order valence-corrected chi connectivity index (χ3v) is 6.12. The lowest BCUT2D eigenvalue weighted by Crippen LogP contribution is -2.28. The highest BCUT2D eigenvalue weighted by Crippen LogP contribution is 2.39. The standard InChI is InChI=1S/C15H17FN2O4S/c1-8-6-11(14-12(19)3-2-10(16)13(8)14)17-18-15(20)9-4-5-23(21,22)7-9/h2-3,8-9,19H,4-7H2,1H3,(H,18,20)/b17-11+/t8-,9+/m1/s1. The topological polar surface area (TPSA) is 95.8 Å². The van der Waals surface area contributed by atoms with Crippen LogP contribution in [0.15, 0.2) is 17.2 Å². The zero-order valence-corrected chi connectivity index (χ0v) is 13.4. The van der Waals surface area contributed by atoms with E-state index in [2.05, 4.69) is 10.5 Å². The number of hydrogen-bond donors (Lipinski definition) is 2. The van der Waals surface area contributed by atoms with Gasteiger partial charge in [-0.1, -0.05) is 6.92 Å². The largest absolute Gasteiger partial charge is 0.507 e. The fourth-order valence-electron chi connectivity index (χ4n) is 3.18. The first-order valence-electron chi connectivity index (χ1n) is 7.37. The molecule has 1 fully saturated rings. The van der Waals surface area contributed by atoms with E-state index in [1.807, 2.05) is 6.92 Å². The van der Waals surface area contributed by atoms with Crippen molar-refractivity contribution >= 4 is 21.5 Å². The molecule has 2 atom stereocenters. The van der Waals surface area contributed by atoms with Crippen molar-refractivity contribution in [1.29, 1.82) is 0 Å². The lowest BCUT2D eigenvalue weighted by molar-refractivity contribution is -0.124. The highest BCUT2D eigenvalue weighted by Gasteiger charge is 2.34. The molecule has 6 nitrogen and oxygen atoms in total. The lowest BCUT2D eigenvalue weighted by atomic mass is 10.0. The van der Waals surface area contributed by atoms with E-state index in [4.69, 9.17) is 0 Å². The van der Waals surface area contributed by atoms with Crippen LogP contribution in [0, 0.1) is 11.7 Å². The Morgan fingerprint density at radius 1 is 1.43 bits per heavy atom. The smallest absolute Gasteiger partial charge is 0.244 e. The molecule has 0 bridgehead atoms. The van der Waals surface area contributed by atoms with Crippen LogP contribution in [0.2, 0.25) is 0 Å². The summed E-state index contributed by atoms with van der Waals surface area (Å²) in [4.78, 5) is 12.0. The first kappa shape index (κ1) is 15.9. The number of aromatic hydroxyl groups is 1. The van der Waals surface area contributed by atoms with E-state index < -0.39 is 27.5 Å². The number of carbonyl (C=O) groups excluding carboxylic acids is 1. The molecule has 8 heteroatoms. The van der Waals surface area contributed by atoms with Gasteiger partial charge in [0, 0.05) is 11.1 Å². The molecule has 124 valence electrons. The minimum atomic E-state index is -3.15. The highest BCUT2D eigenvalue weighted by atomic mass is 32.2. The molecule has 0 saturated carbocycles. The predicted octanol–water partition coefficient (Wildman–Crippen LogP) is 1.29. The number of nitrogens with one attached hydrogen (secondary N) is 1. The van der Waals surface area contributed by atoms with Crippen molar-refractivity contribution in [2.45, 2.75) is 25.7 Å². The van der Waals surface area contributed by atoms with Gasteiger partial charge in [-0.15, -0.1) is 0 Å². The molecular formula is C15H17FN2O4S. The Hall–Kier alpha value is -1.96. The maximum absolute atomic E-state index is 13.9. The number of hydrazone groups is 1. The summed E-state index contributed by atoms with van der Waals surface area (Å²) in [5.74, 6) is -1.88. The molecular weight excluding hydrogens is 323 g/mol. The van der Waals surface area contributed by atoms with Gasteiger partial charge in [0.05, 0.1) is 23.1 Å². The first-order chi connectivity index (χ1) is 10.8. The predicted molar refractivity (Wildman–Crippen MR) is 82.5 cm³/mol. The van der Waals surface area contributed by atoms with Crippen molar-refractivity contribution in [3.63, 3.8) is 0 Å². The fourth-order valence-corrected chi connectivity index (χ4v) is 4.92. The van der Waals surface area contributed by atoms with Gasteiger partial charge >= 0.3 is 0 Å². The molecule has 1 saturated heterocycles. The molecule has 1 aromatic rings. The van der Waals surface area contributed by atoms with Crippen molar-refractivity contribution in [3.05, 3.63) is 29.1 Å². The quantitative estimate of drug-likeness (QED) is 0.793. The maximum atomic E-state index is 13.9. The summed E-state index contributed by atoms with van der Waals surface area (Å²) in [7, 11) is -3.15. The van der Waals surface area contributed by atoms with Crippen molar-refractivity contribution in [2.24, 2.45) is 11.0 Å². The molecule has 0 unspecified atom stereocenters. The number of phenols is 1. The van der Waals surface area contributed by atoms with Crippen LogP contribution in [0.4, 0.5) is 4.39 Å². The molecule has 23 heavy (non-hydrogen) atoms. The first-order valence-corrected chi connectivity index (χ1v) is 9.19. The Bertz CT molecular complexity index is 804. The van der Waals surface area contributed by atoms with Crippen LogP contribution in [0.5, 0.6) is 5.75 Å². The van der Waals surface area contributed by atoms with Crippen LogP contribution in [0.3, 0.4) is 0 Å². The number of phenolic OH excluding ortho intramolecular Hbond substituents is 1. The van der Waals surface area contributed by atoms with Gasteiger partial charge < -0.3 is 5.11 Å². The van der Waals surface area contributed by atoms with Crippen LogP contribution in [0.1, 0.15) is 36.8 Å². The number of benzene rings is 1. The third-order valence-electron chi connectivity index (χ3n) is 4.36. The molecule has 1 aliphatic heterocycles.